The molecule has 2 aromatic carbocycles. The monoisotopic (exact) mass is 333 g/mol. The molecule has 0 spiro atoms. The smallest absolute Gasteiger partial charge is 0.0775 e. The number of aliphatic hydroxyl groups is 1. The van der Waals surface area contributed by atoms with Gasteiger partial charge in [0.25, 0.3) is 0 Å². The van der Waals surface area contributed by atoms with Crippen molar-refractivity contribution in [3.05, 3.63) is 70.2 Å². The lowest BCUT2D eigenvalue weighted by molar-refractivity contribution is 0.121. The van der Waals surface area contributed by atoms with Crippen LogP contribution in [-0.2, 0) is 0 Å². The Bertz CT molecular complexity index is 524. The van der Waals surface area contributed by atoms with E-state index in [1.807, 2.05) is 49.3 Å². The molecular weight excluding hydrogens is 314 g/mol. The molecule has 0 fully saturated rings. The van der Waals surface area contributed by atoms with Gasteiger partial charge in [0.2, 0.25) is 0 Å². The van der Waals surface area contributed by atoms with E-state index < -0.39 is 6.10 Å². The standard InChI is InChI=1S/C17H20BrNO/c1-19(2)12-16(20)17(13-6-4-3-5-7-13)14-8-10-15(18)11-9-14/h3-11,16-17,20H,12H2,1-2H3. The number of nitrogens with zero attached hydrogens (tertiary/aromatic N) is 1. The minimum absolute atomic E-state index is 0.00769. The second-order valence-electron chi connectivity index (χ2n) is 5.27. The van der Waals surface area contributed by atoms with Crippen LogP contribution in [-0.4, -0.2) is 36.8 Å². The molecule has 2 atom stereocenters. The molecule has 20 heavy (non-hydrogen) atoms. The zero-order valence-corrected chi connectivity index (χ0v) is 13.4. The molecular formula is C17H20BrNO. The second kappa shape index (κ2) is 7.02. The molecule has 0 saturated carbocycles. The van der Waals surface area contributed by atoms with Crippen LogP contribution in [0.1, 0.15) is 17.0 Å². The van der Waals surface area contributed by atoms with Crippen LogP contribution >= 0.6 is 15.9 Å². The molecule has 3 heteroatoms. The SMILES string of the molecule is CN(C)CC(O)C(c1ccccc1)c1ccc(Br)cc1. The van der Waals surface area contributed by atoms with E-state index in [4.69, 9.17) is 0 Å². The molecule has 0 heterocycles. The molecule has 0 bridgehead atoms. The van der Waals surface area contributed by atoms with E-state index in [2.05, 4.69) is 40.2 Å². The highest BCUT2D eigenvalue weighted by Crippen LogP contribution is 2.29. The van der Waals surface area contributed by atoms with Crippen molar-refractivity contribution in [3.8, 4) is 0 Å². The lowest BCUT2D eigenvalue weighted by Crippen LogP contribution is -2.31. The first-order chi connectivity index (χ1) is 9.58. The number of hydrogen-bond donors (Lipinski definition) is 1. The van der Waals surface area contributed by atoms with Gasteiger partial charge in [-0.25, -0.2) is 0 Å². The van der Waals surface area contributed by atoms with E-state index in [-0.39, 0.29) is 5.92 Å². The van der Waals surface area contributed by atoms with Crippen LogP contribution in [0.3, 0.4) is 0 Å². The van der Waals surface area contributed by atoms with Crippen LogP contribution < -0.4 is 0 Å². The summed E-state index contributed by atoms with van der Waals surface area (Å²) in [4.78, 5) is 2.01. The van der Waals surface area contributed by atoms with Crippen molar-refractivity contribution in [2.75, 3.05) is 20.6 Å². The maximum Gasteiger partial charge on any atom is 0.0775 e. The summed E-state index contributed by atoms with van der Waals surface area (Å²) in [7, 11) is 3.96. The van der Waals surface area contributed by atoms with E-state index in [0.29, 0.717) is 6.54 Å². The number of benzene rings is 2. The Morgan fingerprint density at radius 3 is 2.05 bits per heavy atom. The average Bonchev–Trinajstić information content (AvgIpc) is 2.42. The summed E-state index contributed by atoms with van der Waals surface area (Å²) in [5, 5.41) is 10.6. The van der Waals surface area contributed by atoms with Gasteiger partial charge in [-0.3, -0.25) is 0 Å². The number of aliphatic hydroxyl groups excluding tert-OH is 1. The van der Waals surface area contributed by atoms with Gasteiger partial charge in [-0.05, 0) is 37.4 Å². The van der Waals surface area contributed by atoms with E-state index >= 15 is 0 Å². The zero-order chi connectivity index (χ0) is 14.5. The summed E-state index contributed by atoms with van der Waals surface area (Å²) in [6, 6.07) is 18.4. The zero-order valence-electron chi connectivity index (χ0n) is 11.8. The first-order valence-corrected chi connectivity index (χ1v) is 7.50. The molecule has 0 aliphatic carbocycles. The number of likely N-dealkylation sites (N-methyl/N-ethyl adjacent to an activating group) is 1. The Morgan fingerprint density at radius 1 is 0.950 bits per heavy atom. The molecule has 106 valence electrons. The number of halogens is 1. The highest BCUT2D eigenvalue weighted by molar-refractivity contribution is 9.10. The van der Waals surface area contributed by atoms with E-state index in [1.165, 1.54) is 0 Å². The van der Waals surface area contributed by atoms with E-state index in [1.54, 1.807) is 0 Å². The minimum atomic E-state index is -0.437. The minimum Gasteiger partial charge on any atom is -0.391 e. The van der Waals surface area contributed by atoms with Gasteiger partial charge in [0.05, 0.1) is 6.10 Å². The normalized spacial score (nSPS) is 14.2. The lowest BCUT2D eigenvalue weighted by atomic mass is 9.86. The topological polar surface area (TPSA) is 23.5 Å². The first kappa shape index (κ1) is 15.2. The van der Waals surface area contributed by atoms with Crippen LogP contribution in [0.4, 0.5) is 0 Å². The van der Waals surface area contributed by atoms with Gasteiger partial charge in [-0.15, -0.1) is 0 Å². The van der Waals surface area contributed by atoms with Crippen molar-refractivity contribution in [3.63, 3.8) is 0 Å². The number of rotatable bonds is 5. The predicted octanol–water partition coefficient (Wildman–Crippen LogP) is 3.50. The largest absolute Gasteiger partial charge is 0.391 e. The maximum absolute atomic E-state index is 10.6. The molecule has 0 aromatic heterocycles. The maximum atomic E-state index is 10.6. The highest BCUT2D eigenvalue weighted by Gasteiger charge is 2.23. The van der Waals surface area contributed by atoms with Crippen LogP contribution in [0.15, 0.2) is 59.1 Å². The second-order valence-corrected chi connectivity index (χ2v) is 6.19. The first-order valence-electron chi connectivity index (χ1n) is 6.71. The predicted molar refractivity (Wildman–Crippen MR) is 87.0 cm³/mol. The molecule has 0 saturated heterocycles. The van der Waals surface area contributed by atoms with Gasteiger partial charge >= 0.3 is 0 Å². The molecule has 1 N–H and O–H groups in total. The van der Waals surface area contributed by atoms with Crippen molar-refractivity contribution >= 4 is 15.9 Å². The van der Waals surface area contributed by atoms with Crippen molar-refractivity contribution < 1.29 is 5.11 Å². The van der Waals surface area contributed by atoms with E-state index in [0.717, 1.165) is 15.6 Å². The fourth-order valence-corrected chi connectivity index (χ4v) is 2.71. The Hall–Kier alpha value is -1.16. The number of hydrogen-bond acceptors (Lipinski definition) is 2. The van der Waals surface area contributed by atoms with Crippen molar-refractivity contribution in [2.45, 2.75) is 12.0 Å². The van der Waals surface area contributed by atoms with Gasteiger partial charge in [0.15, 0.2) is 0 Å². The van der Waals surface area contributed by atoms with Gasteiger partial charge in [0.1, 0.15) is 0 Å². The quantitative estimate of drug-likeness (QED) is 0.905. The summed E-state index contributed by atoms with van der Waals surface area (Å²) < 4.78 is 1.05. The molecule has 2 unspecified atom stereocenters. The summed E-state index contributed by atoms with van der Waals surface area (Å²) in [5.74, 6) is -0.00769. The van der Waals surface area contributed by atoms with Gasteiger partial charge in [-0.1, -0.05) is 58.4 Å². The fraction of sp³-hybridized carbons (Fsp3) is 0.294. The summed E-state index contributed by atoms with van der Waals surface area (Å²) in [5.41, 5.74) is 2.28. The highest BCUT2D eigenvalue weighted by atomic mass is 79.9. The molecule has 0 radical (unpaired) electrons. The van der Waals surface area contributed by atoms with Gasteiger partial charge in [-0.2, -0.15) is 0 Å². The fourth-order valence-electron chi connectivity index (χ4n) is 2.45. The molecule has 0 aliphatic rings. The van der Waals surface area contributed by atoms with Crippen LogP contribution in [0.2, 0.25) is 0 Å². The van der Waals surface area contributed by atoms with Crippen molar-refractivity contribution in [2.24, 2.45) is 0 Å². The van der Waals surface area contributed by atoms with Crippen LogP contribution in [0.25, 0.3) is 0 Å². The van der Waals surface area contributed by atoms with Crippen molar-refractivity contribution in [1.82, 2.24) is 4.90 Å². The van der Waals surface area contributed by atoms with E-state index in [9.17, 15) is 5.11 Å². The molecule has 2 nitrogen and oxygen atoms in total. The van der Waals surface area contributed by atoms with Crippen LogP contribution in [0.5, 0.6) is 0 Å². The summed E-state index contributed by atoms with van der Waals surface area (Å²) in [6.07, 6.45) is -0.437. The molecule has 0 amide bonds. The van der Waals surface area contributed by atoms with Gasteiger partial charge in [0, 0.05) is 16.9 Å². The average molecular weight is 334 g/mol. The molecule has 0 aliphatic heterocycles. The Kier molecular flexibility index (Phi) is 5.35. The Morgan fingerprint density at radius 2 is 1.50 bits per heavy atom. The third-order valence-corrected chi connectivity index (χ3v) is 3.85. The van der Waals surface area contributed by atoms with Gasteiger partial charge < -0.3 is 10.0 Å². The Labute approximate surface area is 129 Å². The molecule has 2 aromatic rings. The summed E-state index contributed by atoms with van der Waals surface area (Å²) in [6.45, 7) is 0.635. The van der Waals surface area contributed by atoms with Crippen molar-refractivity contribution in [1.29, 1.82) is 0 Å². The molecule has 2 rings (SSSR count). The summed E-state index contributed by atoms with van der Waals surface area (Å²) >= 11 is 3.46. The Balaban J connectivity index is 2.36. The third kappa shape index (κ3) is 3.92. The third-order valence-electron chi connectivity index (χ3n) is 3.32. The lowest BCUT2D eigenvalue weighted by Gasteiger charge is -2.26. The van der Waals surface area contributed by atoms with Crippen LogP contribution in [0, 0.1) is 0 Å².